The summed E-state index contributed by atoms with van der Waals surface area (Å²) in [6.07, 6.45) is 4.69. The first-order valence-electron chi connectivity index (χ1n) is 3.91. The highest BCUT2D eigenvalue weighted by atomic mass is 32.2. The van der Waals surface area contributed by atoms with Gasteiger partial charge < -0.3 is 10.5 Å². The average molecular weight is 196 g/mol. The van der Waals surface area contributed by atoms with Crippen molar-refractivity contribution in [2.75, 3.05) is 0 Å². The van der Waals surface area contributed by atoms with Crippen LogP contribution in [0.5, 0.6) is 0 Å². The molecule has 0 aromatic heterocycles. The van der Waals surface area contributed by atoms with E-state index in [0.717, 1.165) is 5.70 Å². The monoisotopic (exact) mass is 196 g/mol. The number of carbonyl (C=O) groups excluding carboxylic acids is 1. The van der Waals surface area contributed by atoms with Crippen LogP contribution in [0, 0.1) is 0 Å². The molecule has 1 heterocycles. The van der Waals surface area contributed by atoms with E-state index in [1.165, 1.54) is 18.1 Å². The quantitative estimate of drug-likeness (QED) is 0.487. The van der Waals surface area contributed by atoms with E-state index < -0.39 is 0 Å². The third kappa shape index (κ3) is 1.95. The van der Waals surface area contributed by atoms with Crippen molar-refractivity contribution >= 4 is 17.7 Å². The molecule has 0 aromatic carbocycles. The smallest absolute Gasteiger partial charge is 0.180 e. The van der Waals surface area contributed by atoms with Crippen molar-refractivity contribution in [1.82, 2.24) is 4.72 Å². The van der Waals surface area contributed by atoms with Gasteiger partial charge >= 0.3 is 0 Å². The van der Waals surface area contributed by atoms with Crippen LogP contribution < -0.4 is 10.5 Å². The van der Waals surface area contributed by atoms with Crippen LogP contribution in [0.1, 0.15) is 6.92 Å². The molecule has 1 rings (SSSR count). The van der Waals surface area contributed by atoms with Crippen LogP contribution in [-0.4, -0.2) is 11.0 Å². The highest BCUT2D eigenvalue weighted by molar-refractivity contribution is 7.99. The number of carbonyl (C=O) groups is 1. The molecule has 3 nitrogen and oxygen atoms in total. The SMILES string of the molecule is C=CC=C1NSC(C)C(=O)C1=CN. The van der Waals surface area contributed by atoms with Crippen molar-refractivity contribution in [2.45, 2.75) is 12.2 Å². The molecule has 1 saturated heterocycles. The van der Waals surface area contributed by atoms with Gasteiger partial charge in [-0.25, -0.2) is 0 Å². The average Bonchev–Trinajstić information content (AvgIpc) is 2.12. The summed E-state index contributed by atoms with van der Waals surface area (Å²) in [5.41, 5.74) is 6.63. The Hall–Kier alpha value is -1.16. The number of nitrogens with two attached hydrogens (primary N) is 1. The van der Waals surface area contributed by atoms with E-state index in [2.05, 4.69) is 11.3 Å². The molecule has 0 aromatic rings. The molecule has 1 aliphatic rings. The van der Waals surface area contributed by atoms with Gasteiger partial charge in [0.15, 0.2) is 5.78 Å². The number of hydrogen-bond acceptors (Lipinski definition) is 4. The second kappa shape index (κ2) is 4.18. The van der Waals surface area contributed by atoms with Gasteiger partial charge in [0.1, 0.15) is 0 Å². The Labute approximate surface area is 81.9 Å². The molecule has 0 bridgehead atoms. The molecular weight excluding hydrogens is 184 g/mol. The third-order valence-corrected chi connectivity index (χ3v) is 2.63. The number of hydrogen-bond donors (Lipinski definition) is 2. The lowest BCUT2D eigenvalue weighted by Gasteiger charge is -2.22. The number of rotatable bonds is 1. The van der Waals surface area contributed by atoms with Gasteiger partial charge in [0.25, 0.3) is 0 Å². The Balaban J connectivity index is 2.98. The lowest BCUT2D eigenvalue weighted by molar-refractivity contribution is -0.114. The molecule has 0 amide bonds. The number of Topliss-reactive ketones (excluding diaryl/α,β-unsaturated/α-hetero) is 1. The zero-order chi connectivity index (χ0) is 9.84. The van der Waals surface area contributed by atoms with Gasteiger partial charge in [0.2, 0.25) is 0 Å². The summed E-state index contributed by atoms with van der Waals surface area (Å²) >= 11 is 1.38. The van der Waals surface area contributed by atoms with Crippen molar-refractivity contribution < 1.29 is 4.79 Å². The minimum absolute atomic E-state index is 0.0550. The molecule has 4 heteroatoms. The molecule has 70 valence electrons. The fraction of sp³-hybridized carbons (Fsp3) is 0.222. The maximum atomic E-state index is 11.6. The summed E-state index contributed by atoms with van der Waals surface area (Å²) in [5.74, 6) is 0.0550. The largest absolute Gasteiger partial charge is 0.404 e. The Kier molecular flexibility index (Phi) is 3.19. The summed E-state index contributed by atoms with van der Waals surface area (Å²) in [6, 6.07) is 0. The zero-order valence-electron chi connectivity index (χ0n) is 7.41. The zero-order valence-corrected chi connectivity index (χ0v) is 8.23. The summed E-state index contributed by atoms with van der Waals surface area (Å²) in [6.45, 7) is 5.40. The molecule has 0 radical (unpaired) electrons. The van der Waals surface area contributed by atoms with Crippen molar-refractivity contribution in [1.29, 1.82) is 0 Å². The van der Waals surface area contributed by atoms with E-state index >= 15 is 0 Å². The van der Waals surface area contributed by atoms with Crippen LogP contribution in [0.25, 0.3) is 0 Å². The second-order valence-electron chi connectivity index (χ2n) is 2.62. The fourth-order valence-corrected chi connectivity index (χ4v) is 1.74. The predicted molar refractivity (Wildman–Crippen MR) is 55.7 cm³/mol. The van der Waals surface area contributed by atoms with Crippen LogP contribution in [-0.2, 0) is 4.79 Å². The van der Waals surface area contributed by atoms with Gasteiger partial charge in [0.05, 0.1) is 16.5 Å². The molecule has 1 aliphatic heterocycles. The van der Waals surface area contributed by atoms with E-state index in [1.807, 2.05) is 6.92 Å². The predicted octanol–water partition coefficient (Wildman–Crippen LogP) is 1.11. The molecule has 3 N–H and O–H groups in total. The standard InChI is InChI=1S/C9H12N2OS/c1-3-4-8-7(5-10)9(12)6(2)13-11-8/h3-6,11H,1,10H2,2H3. The second-order valence-corrected chi connectivity index (χ2v) is 3.77. The molecule has 0 aliphatic carbocycles. The van der Waals surface area contributed by atoms with Crippen LogP contribution in [0.4, 0.5) is 0 Å². The molecule has 1 unspecified atom stereocenters. The van der Waals surface area contributed by atoms with Gasteiger partial charge in [-0.1, -0.05) is 12.7 Å². The van der Waals surface area contributed by atoms with Crippen LogP contribution in [0.2, 0.25) is 0 Å². The Bertz CT molecular complexity index is 294. The van der Waals surface area contributed by atoms with Crippen LogP contribution in [0.15, 0.2) is 36.2 Å². The fourth-order valence-electron chi connectivity index (χ4n) is 1.03. The molecule has 1 fully saturated rings. The van der Waals surface area contributed by atoms with E-state index in [0.29, 0.717) is 5.57 Å². The first-order valence-corrected chi connectivity index (χ1v) is 4.79. The molecule has 0 saturated carbocycles. The number of allylic oxidation sites excluding steroid dienone is 3. The number of ketones is 1. The lowest BCUT2D eigenvalue weighted by Crippen LogP contribution is -2.30. The van der Waals surface area contributed by atoms with Crippen LogP contribution >= 0.6 is 11.9 Å². The van der Waals surface area contributed by atoms with Crippen molar-refractivity contribution in [2.24, 2.45) is 5.73 Å². The van der Waals surface area contributed by atoms with Crippen LogP contribution in [0.3, 0.4) is 0 Å². The van der Waals surface area contributed by atoms with Crippen molar-refractivity contribution in [3.63, 3.8) is 0 Å². The minimum Gasteiger partial charge on any atom is -0.404 e. The first-order chi connectivity index (χ1) is 6.20. The van der Waals surface area contributed by atoms with E-state index in [-0.39, 0.29) is 11.0 Å². The van der Waals surface area contributed by atoms with Crippen molar-refractivity contribution in [3.05, 3.63) is 36.2 Å². The maximum Gasteiger partial charge on any atom is 0.180 e. The van der Waals surface area contributed by atoms with Gasteiger partial charge in [-0.2, -0.15) is 0 Å². The van der Waals surface area contributed by atoms with Gasteiger partial charge in [0, 0.05) is 6.20 Å². The van der Waals surface area contributed by atoms with E-state index in [9.17, 15) is 4.79 Å². The summed E-state index contributed by atoms with van der Waals surface area (Å²) in [5, 5.41) is -0.0863. The highest BCUT2D eigenvalue weighted by Crippen LogP contribution is 2.24. The Morgan fingerprint density at radius 3 is 2.92 bits per heavy atom. The van der Waals surface area contributed by atoms with Crippen molar-refractivity contribution in [3.8, 4) is 0 Å². The van der Waals surface area contributed by atoms with E-state index in [4.69, 9.17) is 5.73 Å². The molecule has 13 heavy (non-hydrogen) atoms. The topological polar surface area (TPSA) is 55.1 Å². The lowest BCUT2D eigenvalue weighted by atomic mass is 10.1. The van der Waals surface area contributed by atoms with Gasteiger partial charge in [-0.15, -0.1) is 0 Å². The summed E-state index contributed by atoms with van der Waals surface area (Å²) in [7, 11) is 0. The number of nitrogens with one attached hydrogen (secondary N) is 1. The van der Waals surface area contributed by atoms with Gasteiger partial charge in [-0.3, -0.25) is 4.79 Å². The summed E-state index contributed by atoms with van der Waals surface area (Å²) in [4.78, 5) is 11.6. The Morgan fingerprint density at radius 1 is 1.69 bits per heavy atom. The Morgan fingerprint density at radius 2 is 2.38 bits per heavy atom. The maximum absolute atomic E-state index is 11.6. The van der Waals surface area contributed by atoms with E-state index in [1.54, 1.807) is 12.2 Å². The highest BCUT2D eigenvalue weighted by Gasteiger charge is 2.26. The minimum atomic E-state index is -0.0863. The molecule has 1 atom stereocenters. The molecule has 0 spiro atoms. The third-order valence-electron chi connectivity index (χ3n) is 1.72. The first kappa shape index (κ1) is 9.92. The summed E-state index contributed by atoms with van der Waals surface area (Å²) < 4.78 is 3.04. The normalized spacial score (nSPS) is 29.0. The molecular formula is C9H12N2OS. The van der Waals surface area contributed by atoms with Gasteiger partial charge in [-0.05, 0) is 24.9 Å².